The molecular weight excluding hydrogens is 160 g/mol. The number of aliphatic hydroxyl groups excluding tert-OH is 1. The van der Waals surface area contributed by atoms with Crippen LogP contribution in [-0.4, -0.2) is 5.11 Å². The van der Waals surface area contributed by atoms with E-state index in [0.717, 1.165) is 5.56 Å². The van der Waals surface area contributed by atoms with Crippen LogP contribution in [0.4, 0.5) is 0 Å². The number of hydrogen-bond acceptors (Lipinski definition) is 1. The first kappa shape index (κ1) is 7.34. The molecule has 0 radical (unpaired) electrons. The molecule has 66 valence electrons. The van der Waals surface area contributed by atoms with Crippen molar-refractivity contribution in [2.75, 3.05) is 0 Å². The van der Waals surface area contributed by atoms with Gasteiger partial charge in [-0.15, -0.1) is 0 Å². The Bertz CT molecular complexity index is 379. The lowest BCUT2D eigenvalue weighted by atomic mass is 9.95. The van der Waals surface area contributed by atoms with Crippen molar-refractivity contribution in [2.45, 2.75) is 24.9 Å². The lowest BCUT2D eigenvalue weighted by Gasteiger charge is -2.10. The lowest BCUT2D eigenvalue weighted by Crippen LogP contribution is -1.94. The van der Waals surface area contributed by atoms with E-state index in [9.17, 15) is 0 Å². The van der Waals surface area contributed by atoms with E-state index < -0.39 is 0 Å². The molecule has 0 aromatic heterocycles. The predicted molar refractivity (Wildman–Crippen MR) is 51.6 cm³/mol. The molecule has 1 N–H and O–H groups in total. The van der Waals surface area contributed by atoms with E-state index in [1.54, 1.807) is 0 Å². The first-order valence-corrected chi connectivity index (χ1v) is 4.80. The zero-order valence-corrected chi connectivity index (χ0v) is 7.40. The van der Waals surface area contributed by atoms with E-state index in [-0.39, 0.29) is 6.61 Å². The highest BCUT2D eigenvalue weighted by Gasteiger charge is 2.32. The molecule has 0 amide bonds. The van der Waals surface area contributed by atoms with Gasteiger partial charge < -0.3 is 5.11 Å². The second kappa shape index (κ2) is 2.46. The molecule has 1 aromatic carbocycles. The van der Waals surface area contributed by atoms with Gasteiger partial charge in [-0.05, 0) is 23.1 Å². The van der Waals surface area contributed by atoms with Crippen LogP contribution < -0.4 is 0 Å². The largest absolute Gasteiger partial charge is 0.392 e. The van der Waals surface area contributed by atoms with Gasteiger partial charge in [-0.1, -0.05) is 30.4 Å². The van der Waals surface area contributed by atoms with Gasteiger partial charge in [0.2, 0.25) is 0 Å². The maximum atomic E-state index is 9.02. The highest BCUT2D eigenvalue weighted by atomic mass is 16.3. The smallest absolute Gasteiger partial charge is 0.0681 e. The summed E-state index contributed by atoms with van der Waals surface area (Å²) >= 11 is 0. The summed E-state index contributed by atoms with van der Waals surface area (Å²) in [6.45, 7) is 0.161. The molecule has 2 atom stereocenters. The third-order valence-corrected chi connectivity index (χ3v) is 3.22. The van der Waals surface area contributed by atoms with Crippen molar-refractivity contribution in [3.05, 3.63) is 47.0 Å². The minimum atomic E-state index is 0.161. The van der Waals surface area contributed by atoms with Gasteiger partial charge in [0.15, 0.2) is 0 Å². The number of rotatable bonds is 1. The van der Waals surface area contributed by atoms with Crippen molar-refractivity contribution in [1.29, 1.82) is 0 Å². The van der Waals surface area contributed by atoms with E-state index >= 15 is 0 Å². The molecule has 1 nitrogen and oxygen atoms in total. The second-order valence-corrected chi connectivity index (χ2v) is 3.95. The quantitative estimate of drug-likeness (QED) is 0.644. The van der Waals surface area contributed by atoms with Crippen molar-refractivity contribution in [1.82, 2.24) is 0 Å². The van der Waals surface area contributed by atoms with Gasteiger partial charge in [0.1, 0.15) is 0 Å². The van der Waals surface area contributed by atoms with Crippen LogP contribution in [0.3, 0.4) is 0 Å². The van der Waals surface area contributed by atoms with E-state index in [1.807, 2.05) is 6.07 Å². The minimum Gasteiger partial charge on any atom is -0.392 e. The Labute approximate surface area is 77.7 Å². The molecule has 0 aliphatic heterocycles. The monoisotopic (exact) mass is 172 g/mol. The van der Waals surface area contributed by atoms with E-state index in [1.165, 1.54) is 17.5 Å². The van der Waals surface area contributed by atoms with E-state index in [4.69, 9.17) is 5.11 Å². The third kappa shape index (κ3) is 0.909. The molecule has 3 rings (SSSR count). The third-order valence-electron chi connectivity index (χ3n) is 3.22. The van der Waals surface area contributed by atoms with E-state index in [2.05, 4.69) is 24.3 Å². The van der Waals surface area contributed by atoms with E-state index in [0.29, 0.717) is 11.8 Å². The van der Waals surface area contributed by atoms with Crippen LogP contribution in [0.2, 0.25) is 0 Å². The van der Waals surface area contributed by atoms with Gasteiger partial charge in [0, 0.05) is 11.8 Å². The number of allylic oxidation sites excluding steroid dienone is 2. The molecule has 13 heavy (non-hydrogen) atoms. The predicted octanol–water partition coefficient (Wildman–Crippen LogP) is 2.32. The van der Waals surface area contributed by atoms with Gasteiger partial charge >= 0.3 is 0 Å². The number of aliphatic hydroxyl groups is 1. The Morgan fingerprint density at radius 2 is 1.92 bits per heavy atom. The van der Waals surface area contributed by atoms with Gasteiger partial charge in [-0.2, -0.15) is 0 Å². The van der Waals surface area contributed by atoms with Gasteiger partial charge in [-0.25, -0.2) is 0 Å². The summed E-state index contributed by atoms with van der Waals surface area (Å²) in [7, 11) is 0. The summed E-state index contributed by atoms with van der Waals surface area (Å²) in [4.78, 5) is 0. The normalized spacial score (nSPS) is 28.1. The Balaban J connectivity index is 2.14. The van der Waals surface area contributed by atoms with Gasteiger partial charge in [-0.3, -0.25) is 0 Å². The average molecular weight is 172 g/mol. The fraction of sp³-hybridized carbons (Fsp3) is 0.333. The summed E-state index contributed by atoms with van der Waals surface area (Å²) in [5, 5.41) is 9.02. The zero-order chi connectivity index (χ0) is 8.84. The summed E-state index contributed by atoms with van der Waals surface area (Å²) in [6, 6.07) is 6.37. The van der Waals surface area contributed by atoms with Crippen LogP contribution in [0, 0.1) is 0 Å². The van der Waals surface area contributed by atoms with Crippen LogP contribution in [0.25, 0.3) is 0 Å². The fourth-order valence-electron chi connectivity index (χ4n) is 2.54. The van der Waals surface area contributed by atoms with Crippen LogP contribution >= 0.6 is 0 Å². The Kier molecular flexibility index (Phi) is 1.39. The standard InChI is InChI=1S/C12H12O/c13-7-8-1-4-11-9-2-3-10(6-9)12(11)5-8/h1-5,9-10,13H,6-7H2/t9-,10+/m0/s1. The first-order valence-electron chi connectivity index (χ1n) is 4.80. The fourth-order valence-corrected chi connectivity index (χ4v) is 2.54. The van der Waals surface area contributed by atoms with Crippen molar-refractivity contribution in [3.8, 4) is 0 Å². The van der Waals surface area contributed by atoms with Crippen molar-refractivity contribution < 1.29 is 5.11 Å². The van der Waals surface area contributed by atoms with Crippen LogP contribution in [-0.2, 0) is 6.61 Å². The summed E-state index contributed by atoms with van der Waals surface area (Å²) in [5.41, 5.74) is 3.96. The topological polar surface area (TPSA) is 20.2 Å². The molecule has 0 heterocycles. The second-order valence-electron chi connectivity index (χ2n) is 3.95. The average Bonchev–Trinajstić information content (AvgIpc) is 2.77. The molecule has 2 bridgehead atoms. The Hall–Kier alpha value is -1.08. The molecule has 1 heteroatoms. The molecule has 2 aliphatic carbocycles. The number of fused-ring (bicyclic) bond motifs is 5. The SMILES string of the molecule is OCc1ccc2c(c1)[C@@H]1C=C[C@H]2C1. The maximum absolute atomic E-state index is 9.02. The lowest BCUT2D eigenvalue weighted by molar-refractivity contribution is 0.281. The molecule has 1 aromatic rings. The number of hydrogen-bond donors (Lipinski definition) is 1. The molecular formula is C12H12O. The molecule has 0 saturated heterocycles. The van der Waals surface area contributed by atoms with Crippen molar-refractivity contribution >= 4 is 0 Å². The van der Waals surface area contributed by atoms with Crippen LogP contribution in [0.1, 0.15) is 34.9 Å². The molecule has 0 unspecified atom stereocenters. The van der Waals surface area contributed by atoms with Crippen LogP contribution in [0.15, 0.2) is 30.4 Å². The summed E-state index contributed by atoms with van der Waals surface area (Å²) in [5.74, 6) is 1.29. The Morgan fingerprint density at radius 3 is 2.69 bits per heavy atom. The Morgan fingerprint density at radius 1 is 1.15 bits per heavy atom. The molecule has 0 spiro atoms. The van der Waals surface area contributed by atoms with Crippen LogP contribution in [0.5, 0.6) is 0 Å². The van der Waals surface area contributed by atoms with Gasteiger partial charge in [0.25, 0.3) is 0 Å². The van der Waals surface area contributed by atoms with Crippen molar-refractivity contribution in [2.24, 2.45) is 0 Å². The molecule has 2 aliphatic rings. The highest BCUT2D eigenvalue weighted by molar-refractivity contribution is 5.48. The first-order chi connectivity index (χ1) is 6.38. The summed E-state index contributed by atoms with van der Waals surface area (Å²) < 4.78 is 0. The van der Waals surface area contributed by atoms with Gasteiger partial charge in [0.05, 0.1) is 6.61 Å². The highest BCUT2D eigenvalue weighted by Crippen LogP contribution is 2.48. The molecule has 0 saturated carbocycles. The molecule has 0 fully saturated rings. The van der Waals surface area contributed by atoms with Crippen molar-refractivity contribution in [3.63, 3.8) is 0 Å². The minimum absolute atomic E-state index is 0.161. The maximum Gasteiger partial charge on any atom is 0.0681 e. The number of benzene rings is 1. The zero-order valence-electron chi connectivity index (χ0n) is 7.40. The summed E-state index contributed by atoms with van der Waals surface area (Å²) in [6.07, 6.45) is 5.87.